The number of amides is 2. The van der Waals surface area contributed by atoms with Gasteiger partial charge in [-0.05, 0) is 12.3 Å². The van der Waals surface area contributed by atoms with Gasteiger partial charge in [0, 0.05) is 32.0 Å². The summed E-state index contributed by atoms with van der Waals surface area (Å²) in [4.78, 5) is 18.0. The lowest BCUT2D eigenvalue weighted by atomic mass is 10.1. The Labute approximate surface area is 102 Å². The van der Waals surface area contributed by atoms with Crippen molar-refractivity contribution in [1.82, 2.24) is 19.8 Å². The highest BCUT2D eigenvalue weighted by atomic mass is 16.2. The van der Waals surface area contributed by atoms with Gasteiger partial charge in [0.05, 0.1) is 6.54 Å². The van der Waals surface area contributed by atoms with Crippen LogP contribution in [0.4, 0.5) is 4.79 Å². The molecule has 5 nitrogen and oxygen atoms in total. The first kappa shape index (κ1) is 12.0. The topological polar surface area (TPSA) is 50.2 Å². The molecular weight excluding hydrogens is 216 g/mol. The number of carbonyl (C=O) groups excluding carboxylic acids is 1. The number of aromatic nitrogens is 2. The van der Waals surface area contributed by atoms with Crippen LogP contribution in [0.2, 0.25) is 0 Å². The van der Waals surface area contributed by atoms with Gasteiger partial charge in [-0.15, -0.1) is 0 Å². The smallest absolute Gasteiger partial charge is 0.317 e. The number of carbonyl (C=O) groups is 1. The maximum absolute atomic E-state index is 11.9. The van der Waals surface area contributed by atoms with Crippen LogP contribution in [0.5, 0.6) is 0 Å². The van der Waals surface area contributed by atoms with Gasteiger partial charge in [-0.25, -0.2) is 9.78 Å². The van der Waals surface area contributed by atoms with Crippen LogP contribution in [0.1, 0.15) is 26.1 Å². The molecular formula is C12H20N4O. The number of rotatable bonds is 3. The van der Waals surface area contributed by atoms with Crippen LogP contribution in [0.25, 0.3) is 0 Å². The molecule has 2 heterocycles. The summed E-state index contributed by atoms with van der Waals surface area (Å²) < 4.78 is 2.10. The Morgan fingerprint density at radius 3 is 3.12 bits per heavy atom. The van der Waals surface area contributed by atoms with Crippen LogP contribution in [0.3, 0.4) is 0 Å². The number of hydrogen-bond donors (Lipinski definition) is 1. The molecule has 2 rings (SSSR count). The lowest BCUT2D eigenvalue weighted by Gasteiger charge is -2.27. The van der Waals surface area contributed by atoms with Gasteiger partial charge in [0.25, 0.3) is 0 Å². The molecule has 0 atom stereocenters. The molecule has 2 amide bonds. The van der Waals surface area contributed by atoms with Crippen LogP contribution in [0.15, 0.2) is 12.4 Å². The third kappa shape index (κ3) is 2.99. The van der Waals surface area contributed by atoms with Gasteiger partial charge in [-0.3, -0.25) is 0 Å². The second-order valence-electron chi connectivity index (χ2n) is 4.87. The molecule has 0 aliphatic carbocycles. The molecule has 0 radical (unpaired) electrons. The summed E-state index contributed by atoms with van der Waals surface area (Å²) in [6.45, 7) is 7.28. The van der Waals surface area contributed by atoms with Gasteiger partial charge >= 0.3 is 6.03 Å². The first-order valence-electron chi connectivity index (χ1n) is 6.19. The van der Waals surface area contributed by atoms with Crippen LogP contribution in [0, 0.1) is 5.92 Å². The van der Waals surface area contributed by atoms with Gasteiger partial charge < -0.3 is 14.8 Å². The Hall–Kier alpha value is -1.52. The summed E-state index contributed by atoms with van der Waals surface area (Å²) in [6, 6.07) is 0.0277. The van der Waals surface area contributed by atoms with Crippen LogP contribution >= 0.6 is 0 Å². The average Bonchev–Trinajstić information content (AvgIpc) is 2.75. The Bertz CT molecular complexity index is 386. The van der Waals surface area contributed by atoms with Crippen molar-refractivity contribution in [3.63, 3.8) is 0 Å². The average molecular weight is 236 g/mol. The van der Waals surface area contributed by atoms with E-state index in [4.69, 9.17) is 0 Å². The van der Waals surface area contributed by atoms with Crippen molar-refractivity contribution in [1.29, 1.82) is 0 Å². The zero-order chi connectivity index (χ0) is 12.3. The monoisotopic (exact) mass is 236 g/mol. The fourth-order valence-corrected chi connectivity index (χ4v) is 1.93. The second-order valence-corrected chi connectivity index (χ2v) is 4.87. The van der Waals surface area contributed by atoms with Crippen molar-refractivity contribution in [3.05, 3.63) is 18.2 Å². The maximum Gasteiger partial charge on any atom is 0.317 e. The van der Waals surface area contributed by atoms with E-state index < -0.39 is 0 Å². The van der Waals surface area contributed by atoms with Crippen molar-refractivity contribution in [2.45, 2.75) is 33.4 Å². The van der Waals surface area contributed by atoms with E-state index in [1.807, 2.05) is 11.1 Å². The predicted molar refractivity (Wildman–Crippen MR) is 65.5 cm³/mol. The molecule has 0 spiro atoms. The Kier molecular flexibility index (Phi) is 3.66. The third-order valence-corrected chi connectivity index (χ3v) is 3.03. The molecule has 5 heteroatoms. The number of urea groups is 1. The summed E-state index contributed by atoms with van der Waals surface area (Å²) in [5.74, 6) is 1.59. The van der Waals surface area contributed by atoms with Gasteiger partial charge in [-0.2, -0.15) is 0 Å². The van der Waals surface area contributed by atoms with E-state index in [2.05, 4.69) is 28.7 Å². The lowest BCUT2D eigenvalue weighted by molar-refractivity contribution is 0.181. The Morgan fingerprint density at radius 2 is 2.35 bits per heavy atom. The van der Waals surface area contributed by atoms with Crippen molar-refractivity contribution < 1.29 is 4.79 Å². The zero-order valence-electron chi connectivity index (χ0n) is 10.5. The van der Waals surface area contributed by atoms with Crippen molar-refractivity contribution in [2.75, 3.05) is 13.1 Å². The van der Waals surface area contributed by atoms with Gasteiger partial charge in [-0.1, -0.05) is 13.8 Å². The Morgan fingerprint density at radius 1 is 1.53 bits per heavy atom. The second kappa shape index (κ2) is 5.21. The zero-order valence-corrected chi connectivity index (χ0v) is 10.5. The van der Waals surface area contributed by atoms with E-state index >= 15 is 0 Å². The lowest BCUT2D eigenvalue weighted by Crippen LogP contribution is -2.44. The minimum Gasteiger partial charge on any atom is -0.338 e. The fraction of sp³-hybridized carbons (Fsp3) is 0.667. The highest BCUT2D eigenvalue weighted by Gasteiger charge is 2.20. The summed E-state index contributed by atoms with van der Waals surface area (Å²) in [5.41, 5.74) is 0. The molecule has 1 aliphatic heterocycles. The first-order chi connectivity index (χ1) is 8.16. The number of fused-ring (bicyclic) bond motifs is 1. The number of hydrogen-bond acceptors (Lipinski definition) is 2. The van der Waals surface area contributed by atoms with E-state index in [0.717, 1.165) is 31.9 Å². The van der Waals surface area contributed by atoms with Crippen molar-refractivity contribution in [2.24, 2.45) is 5.92 Å². The standard InChI is InChI=1S/C12H20N4O/c1-10(2)3-4-14-12(17)16-8-7-15-6-5-13-11(15)9-16/h5-6,10H,3-4,7-9H2,1-2H3,(H,14,17). The predicted octanol–water partition coefficient (Wildman–Crippen LogP) is 1.45. The number of imidazole rings is 1. The first-order valence-corrected chi connectivity index (χ1v) is 6.19. The molecule has 1 aromatic heterocycles. The van der Waals surface area contributed by atoms with E-state index in [1.165, 1.54) is 0 Å². The van der Waals surface area contributed by atoms with Gasteiger partial charge in [0.15, 0.2) is 0 Å². The summed E-state index contributed by atoms with van der Waals surface area (Å²) in [6.07, 6.45) is 4.77. The van der Waals surface area contributed by atoms with Crippen LogP contribution in [-0.4, -0.2) is 33.6 Å². The molecule has 1 N–H and O–H groups in total. The Balaban J connectivity index is 1.82. The minimum atomic E-state index is 0.0277. The van der Waals surface area contributed by atoms with E-state index in [-0.39, 0.29) is 6.03 Å². The largest absolute Gasteiger partial charge is 0.338 e. The maximum atomic E-state index is 11.9. The highest BCUT2D eigenvalue weighted by Crippen LogP contribution is 2.10. The summed E-state index contributed by atoms with van der Waals surface area (Å²) in [7, 11) is 0. The molecule has 0 saturated carbocycles. The minimum absolute atomic E-state index is 0.0277. The third-order valence-electron chi connectivity index (χ3n) is 3.03. The molecule has 1 aliphatic rings. The van der Waals surface area contributed by atoms with Crippen LogP contribution in [-0.2, 0) is 13.1 Å². The van der Waals surface area contributed by atoms with E-state index in [0.29, 0.717) is 12.5 Å². The van der Waals surface area contributed by atoms with E-state index in [1.54, 1.807) is 6.20 Å². The van der Waals surface area contributed by atoms with Crippen molar-refractivity contribution >= 4 is 6.03 Å². The molecule has 0 fully saturated rings. The quantitative estimate of drug-likeness (QED) is 0.863. The fourth-order valence-electron chi connectivity index (χ4n) is 1.93. The van der Waals surface area contributed by atoms with E-state index in [9.17, 15) is 4.79 Å². The SMILES string of the molecule is CC(C)CCNC(=O)N1CCn2ccnc2C1. The summed E-state index contributed by atoms with van der Waals surface area (Å²) in [5, 5.41) is 2.96. The molecule has 0 unspecified atom stereocenters. The molecule has 94 valence electrons. The molecule has 0 saturated heterocycles. The molecule has 0 aromatic carbocycles. The normalized spacial score (nSPS) is 14.9. The van der Waals surface area contributed by atoms with Crippen LogP contribution < -0.4 is 5.32 Å². The number of nitrogens with zero attached hydrogens (tertiary/aromatic N) is 3. The molecule has 0 bridgehead atoms. The molecule has 17 heavy (non-hydrogen) atoms. The van der Waals surface area contributed by atoms with Gasteiger partial charge in [0.1, 0.15) is 5.82 Å². The number of nitrogens with one attached hydrogen (secondary N) is 1. The molecule has 1 aromatic rings. The van der Waals surface area contributed by atoms with Gasteiger partial charge in [0.2, 0.25) is 0 Å². The highest BCUT2D eigenvalue weighted by molar-refractivity contribution is 5.74. The summed E-state index contributed by atoms with van der Waals surface area (Å²) >= 11 is 0. The van der Waals surface area contributed by atoms with Crippen molar-refractivity contribution in [3.8, 4) is 0 Å².